The van der Waals surface area contributed by atoms with Crippen molar-refractivity contribution in [3.63, 3.8) is 0 Å². The van der Waals surface area contributed by atoms with Gasteiger partial charge in [-0.05, 0) is 12.1 Å². The summed E-state index contributed by atoms with van der Waals surface area (Å²) in [4.78, 5) is 23.9. The van der Waals surface area contributed by atoms with Crippen LogP contribution in [0.25, 0.3) is 5.82 Å². The number of hydrogen-bond donors (Lipinski definition) is 3. The number of nitrogens with one attached hydrogen (secondary N) is 2. The second-order valence-electron chi connectivity index (χ2n) is 4.70. The number of carbonyl (C=O) groups is 1. The van der Waals surface area contributed by atoms with E-state index in [1.807, 2.05) is 18.2 Å². The molecule has 1 amide bonds. The molecule has 0 saturated carbocycles. The maximum absolute atomic E-state index is 11.8. The number of rotatable bonds is 6. The SMILES string of the molecule is Nc1c(NNC(=O)COc2ccccc2)ncnc1-n1ccnc1. The van der Waals surface area contributed by atoms with Crippen LogP contribution in [0.5, 0.6) is 5.75 Å². The summed E-state index contributed by atoms with van der Waals surface area (Å²) in [6, 6.07) is 9.04. The molecule has 0 aliphatic rings. The van der Waals surface area contributed by atoms with E-state index < -0.39 is 0 Å². The van der Waals surface area contributed by atoms with Crippen LogP contribution < -0.4 is 21.3 Å². The number of anilines is 2. The van der Waals surface area contributed by atoms with Gasteiger partial charge in [-0.15, -0.1) is 0 Å². The molecule has 122 valence electrons. The molecular formula is C15H15N7O2. The maximum Gasteiger partial charge on any atom is 0.276 e. The lowest BCUT2D eigenvalue weighted by atomic mass is 10.3. The molecule has 0 aliphatic carbocycles. The van der Waals surface area contributed by atoms with Gasteiger partial charge in [-0.2, -0.15) is 0 Å². The van der Waals surface area contributed by atoms with Gasteiger partial charge in [0.15, 0.2) is 18.2 Å². The number of hydrogen-bond acceptors (Lipinski definition) is 7. The molecule has 0 atom stereocenters. The van der Waals surface area contributed by atoms with Crippen LogP contribution in [-0.2, 0) is 4.79 Å². The highest BCUT2D eigenvalue weighted by molar-refractivity contribution is 5.80. The number of amides is 1. The number of aromatic nitrogens is 4. The van der Waals surface area contributed by atoms with Crippen molar-refractivity contribution in [1.29, 1.82) is 0 Å². The summed E-state index contributed by atoms with van der Waals surface area (Å²) in [5.74, 6) is 0.971. The van der Waals surface area contributed by atoms with Crippen molar-refractivity contribution in [3.05, 3.63) is 55.4 Å². The van der Waals surface area contributed by atoms with Gasteiger partial charge in [-0.1, -0.05) is 18.2 Å². The van der Waals surface area contributed by atoms with Crippen molar-refractivity contribution >= 4 is 17.4 Å². The van der Waals surface area contributed by atoms with Gasteiger partial charge in [0.25, 0.3) is 5.91 Å². The number of nitrogens with zero attached hydrogens (tertiary/aromatic N) is 4. The fraction of sp³-hybridized carbons (Fsp3) is 0.0667. The smallest absolute Gasteiger partial charge is 0.276 e. The highest BCUT2D eigenvalue weighted by Crippen LogP contribution is 2.20. The molecule has 4 N–H and O–H groups in total. The van der Waals surface area contributed by atoms with Crippen molar-refractivity contribution in [3.8, 4) is 11.6 Å². The van der Waals surface area contributed by atoms with Crippen LogP contribution in [-0.4, -0.2) is 32.0 Å². The van der Waals surface area contributed by atoms with Crippen LogP contribution in [0, 0.1) is 0 Å². The molecule has 9 heteroatoms. The maximum atomic E-state index is 11.8. The minimum Gasteiger partial charge on any atom is -0.484 e. The molecule has 0 aliphatic heterocycles. The number of nitrogen functional groups attached to an aromatic ring is 1. The van der Waals surface area contributed by atoms with Crippen molar-refractivity contribution in [2.45, 2.75) is 0 Å². The number of para-hydroxylation sites is 1. The molecule has 2 heterocycles. The van der Waals surface area contributed by atoms with E-state index in [1.165, 1.54) is 6.33 Å². The van der Waals surface area contributed by atoms with E-state index in [2.05, 4.69) is 25.8 Å². The predicted molar refractivity (Wildman–Crippen MR) is 87.3 cm³/mol. The average molecular weight is 325 g/mol. The van der Waals surface area contributed by atoms with Gasteiger partial charge < -0.3 is 10.5 Å². The Morgan fingerprint density at radius 1 is 1.25 bits per heavy atom. The molecule has 3 rings (SSSR count). The Bertz CT molecular complexity index is 806. The Kier molecular flexibility index (Phi) is 4.52. The van der Waals surface area contributed by atoms with Gasteiger partial charge in [-0.3, -0.25) is 20.2 Å². The average Bonchev–Trinajstić information content (AvgIpc) is 3.14. The van der Waals surface area contributed by atoms with Crippen molar-refractivity contribution in [1.82, 2.24) is 24.9 Å². The Balaban J connectivity index is 1.58. The number of hydrazine groups is 1. The van der Waals surface area contributed by atoms with Crippen LogP contribution in [0.15, 0.2) is 55.4 Å². The van der Waals surface area contributed by atoms with Crippen LogP contribution in [0.3, 0.4) is 0 Å². The van der Waals surface area contributed by atoms with Gasteiger partial charge >= 0.3 is 0 Å². The Morgan fingerprint density at radius 2 is 2.08 bits per heavy atom. The first-order valence-corrected chi connectivity index (χ1v) is 7.05. The molecule has 0 radical (unpaired) electrons. The molecule has 0 saturated heterocycles. The number of benzene rings is 1. The first kappa shape index (κ1) is 15.3. The third-order valence-electron chi connectivity index (χ3n) is 3.05. The lowest BCUT2D eigenvalue weighted by Gasteiger charge is -2.12. The number of imidazole rings is 1. The molecule has 9 nitrogen and oxygen atoms in total. The molecule has 0 unspecified atom stereocenters. The molecule has 1 aromatic carbocycles. The standard InChI is InChI=1S/C15H15N7O2/c16-13-14(18-9-19-15(13)22-7-6-17-10-22)21-20-12(23)8-24-11-4-2-1-3-5-11/h1-7,9-10H,8,16H2,(H,20,23)(H,18,19,21). The Labute approximate surface area is 137 Å². The third kappa shape index (κ3) is 3.58. The molecule has 3 aromatic rings. The zero-order valence-corrected chi connectivity index (χ0v) is 12.6. The topological polar surface area (TPSA) is 120 Å². The summed E-state index contributed by atoms with van der Waals surface area (Å²) in [7, 11) is 0. The molecule has 0 fully saturated rings. The van der Waals surface area contributed by atoms with Crippen LogP contribution >= 0.6 is 0 Å². The van der Waals surface area contributed by atoms with E-state index in [0.29, 0.717) is 11.6 Å². The van der Waals surface area contributed by atoms with Crippen LogP contribution in [0.2, 0.25) is 0 Å². The third-order valence-corrected chi connectivity index (χ3v) is 3.05. The number of ether oxygens (including phenoxy) is 1. The van der Waals surface area contributed by atoms with Gasteiger partial charge in [0, 0.05) is 12.4 Å². The highest BCUT2D eigenvalue weighted by Gasteiger charge is 2.10. The van der Waals surface area contributed by atoms with Gasteiger partial charge in [0.2, 0.25) is 0 Å². The number of nitrogens with two attached hydrogens (primary N) is 1. The van der Waals surface area contributed by atoms with E-state index in [-0.39, 0.29) is 24.0 Å². The quantitative estimate of drug-likeness (QED) is 0.572. The number of carbonyl (C=O) groups excluding carboxylic acids is 1. The normalized spacial score (nSPS) is 10.2. The lowest BCUT2D eigenvalue weighted by molar-refractivity contribution is -0.122. The fourth-order valence-electron chi connectivity index (χ4n) is 1.91. The van der Waals surface area contributed by atoms with Crippen molar-refractivity contribution < 1.29 is 9.53 Å². The second kappa shape index (κ2) is 7.09. The minimum absolute atomic E-state index is 0.142. The predicted octanol–water partition coefficient (Wildman–Crippen LogP) is 0.767. The van der Waals surface area contributed by atoms with E-state index >= 15 is 0 Å². The molecule has 0 spiro atoms. The summed E-state index contributed by atoms with van der Waals surface area (Å²) in [6.07, 6.45) is 6.21. The lowest BCUT2D eigenvalue weighted by Crippen LogP contribution is -2.34. The fourth-order valence-corrected chi connectivity index (χ4v) is 1.91. The summed E-state index contributed by atoms with van der Waals surface area (Å²) >= 11 is 0. The first-order valence-electron chi connectivity index (χ1n) is 7.05. The summed E-state index contributed by atoms with van der Waals surface area (Å²) < 4.78 is 6.98. The zero-order valence-electron chi connectivity index (χ0n) is 12.6. The minimum atomic E-state index is -0.374. The van der Waals surface area contributed by atoms with Crippen LogP contribution in [0.4, 0.5) is 11.5 Å². The highest BCUT2D eigenvalue weighted by atomic mass is 16.5. The first-order chi connectivity index (χ1) is 11.7. The molecule has 24 heavy (non-hydrogen) atoms. The molecule has 2 aromatic heterocycles. The van der Waals surface area contributed by atoms with Gasteiger partial charge in [-0.25, -0.2) is 15.0 Å². The van der Waals surface area contributed by atoms with E-state index in [4.69, 9.17) is 10.5 Å². The molecule has 0 bridgehead atoms. The zero-order chi connectivity index (χ0) is 16.8. The largest absolute Gasteiger partial charge is 0.484 e. The van der Waals surface area contributed by atoms with Gasteiger partial charge in [0.05, 0.1) is 0 Å². The summed E-state index contributed by atoms with van der Waals surface area (Å²) in [5.41, 5.74) is 11.4. The summed E-state index contributed by atoms with van der Waals surface area (Å²) in [5, 5.41) is 0. The second-order valence-corrected chi connectivity index (χ2v) is 4.70. The van der Waals surface area contributed by atoms with E-state index in [0.717, 1.165) is 0 Å². The van der Waals surface area contributed by atoms with Crippen LogP contribution in [0.1, 0.15) is 0 Å². The van der Waals surface area contributed by atoms with Crippen molar-refractivity contribution in [2.24, 2.45) is 0 Å². The molecular weight excluding hydrogens is 310 g/mol. The monoisotopic (exact) mass is 325 g/mol. The van der Waals surface area contributed by atoms with E-state index in [1.54, 1.807) is 35.4 Å². The Hall–Kier alpha value is -3.62. The Morgan fingerprint density at radius 3 is 2.83 bits per heavy atom. The van der Waals surface area contributed by atoms with E-state index in [9.17, 15) is 4.79 Å². The van der Waals surface area contributed by atoms with Crippen molar-refractivity contribution in [2.75, 3.05) is 17.8 Å². The van der Waals surface area contributed by atoms with Gasteiger partial charge in [0.1, 0.15) is 24.1 Å². The summed E-state index contributed by atoms with van der Waals surface area (Å²) in [6.45, 7) is -0.142.